The van der Waals surface area contributed by atoms with Gasteiger partial charge in [-0.25, -0.2) is 0 Å². The number of hydrogen-bond donors (Lipinski definition) is 0. The fourth-order valence-electron chi connectivity index (χ4n) is 0.656. The first-order chi connectivity index (χ1) is 5.90. The largest absolute Gasteiger partial charge is 0.488 e. The Labute approximate surface area is 84.4 Å². The standard InChI is InChI=1S/C6H3Cl2FO3S/c7-4-2-1-3-5(6(4)8)12-13(9,10)11/h1-3H. The topological polar surface area (TPSA) is 43.4 Å². The number of halogens is 3. The van der Waals surface area contributed by atoms with Crippen molar-refractivity contribution >= 4 is 33.7 Å². The molecule has 0 aromatic heterocycles. The molecule has 1 rings (SSSR count). The van der Waals surface area contributed by atoms with Crippen LogP contribution in [0.4, 0.5) is 3.89 Å². The first-order valence-corrected chi connectivity index (χ1v) is 5.04. The Morgan fingerprint density at radius 1 is 1.31 bits per heavy atom. The molecule has 1 aromatic carbocycles. The molecule has 0 radical (unpaired) electrons. The fourth-order valence-corrected chi connectivity index (χ4v) is 1.39. The Kier molecular flexibility index (Phi) is 3.00. The van der Waals surface area contributed by atoms with Crippen molar-refractivity contribution in [3.63, 3.8) is 0 Å². The van der Waals surface area contributed by atoms with E-state index >= 15 is 0 Å². The van der Waals surface area contributed by atoms with Gasteiger partial charge in [0.05, 0.1) is 5.02 Å². The van der Waals surface area contributed by atoms with Crippen LogP contribution in [0.1, 0.15) is 0 Å². The molecule has 3 nitrogen and oxygen atoms in total. The van der Waals surface area contributed by atoms with Gasteiger partial charge in [-0.15, -0.1) is 0 Å². The molecular weight excluding hydrogens is 242 g/mol. The van der Waals surface area contributed by atoms with Gasteiger partial charge >= 0.3 is 10.5 Å². The molecule has 0 aliphatic carbocycles. The van der Waals surface area contributed by atoms with Crippen LogP contribution in [-0.4, -0.2) is 8.42 Å². The predicted octanol–water partition coefficient (Wildman–Crippen LogP) is 2.59. The maximum atomic E-state index is 12.0. The maximum absolute atomic E-state index is 12.0. The Morgan fingerprint density at radius 2 is 1.92 bits per heavy atom. The molecule has 0 fully saturated rings. The molecule has 0 aliphatic rings. The third kappa shape index (κ3) is 3.02. The summed E-state index contributed by atoms with van der Waals surface area (Å²) in [6.07, 6.45) is 0. The SMILES string of the molecule is O=S(=O)(F)Oc1cccc(Cl)c1Cl. The van der Waals surface area contributed by atoms with E-state index in [0.29, 0.717) is 0 Å². The van der Waals surface area contributed by atoms with E-state index in [1.165, 1.54) is 18.2 Å². The third-order valence-electron chi connectivity index (χ3n) is 1.11. The molecule has 1 aromatic rings. The lowest BCUT2D eigenvalue weighted by Crippen LogP contribution is -2.01. The van der Waals surface area contributed by atoms with E-state index in [1.807, 2.05) is 0 Å². The summed E-state index contributed by atoms with van der Waals surface area (Å²) in [6, 6.07) is 3.99. The van der Waals surface area contributed by atoms with Crippen molar-refractivity contribution in [1.29, 1.82) is 0 Å². The van der Waals surface area contributed by atoms with E-state index in [9.17, 15) is 12.3 Å². The Hall–Kier alpha value is -0.520. The number of rotatable bonds is 2. The summed E-state index contributed by atoms with van der Waals surface area (Å²) < 4.78 is 36.1. The van der Waals surface area contributed by atoms with Crippen molar-refractivity contribution < 1.29 is 16.5 Å². The third-order valence-corrected chi connectivity index (χ3v) is 2.29. The monoisotopic (exact) mass is 244 g/mol. The van der Waals surface area contributed by atoms with E-state index in [-0.39, 0.29) is 15.8 Å². The average Bonchev–Trinajstić information content (AvgIpc) is 1.96. The summed E-state index contributed by atoms with van der Waals surface area (Å²) in [5.41, 5.74) is 0. The summed E-state index contributed by atoms with van der Waals surface area (Å²) in [5.74, 6) is -0.336. The lowest BCUT2D eigenvalue weighted by molar-refractivity contribution is 0.440. The second-order valence-corrected chi connectivity index (χ2v) is 3.77. The van der Waals surface area contributed by atoms with Crippen LogP contribution in [0, 0.1) is 0 Å². The summed E-state index contributed by atoms with van der Waals surface area (Å²) in [5, 5.41) is -0.0618. The molecule has 0 spiro atoms. The van der Waals surface area contributed by atoms with Crippen molar-refractivity contribution in [2.24, 2.45) is 0 Å². The van der Waals surface area contributed by atoms with Crippen LogP contribution in [0.3, 0.4) is 0 Å². The highest BCUT2D eigenvalue weighted by Crippen LogP contribution is 2.32. The molecule has 0 heterocycles. The smallest absolute Gasteiger partial charge is 0.357 e. The van der Waals surface area contributed by atoms with Gasteiger partial charge in [0.2, 0.25) is 0 Å². The van der Waals surface area contributed by atoms with E-state index < -0.39 is 10.5 Å². The molecule has 0 bridgehead atoms. The van der Waals surface area contributed by atoms with Crippen LogP contribution in [0.15, 0.2) is 18.2 Å². The zero-order chi connectivity index (χ0) is 10.1. The molecule has 0 N–H and O–H groups in total. The van der Waals surface area contributed by atoms with Gasteiger partial charge < -0.3 is 4.18 Å². The fraction of sp³-hybridized carbons (Fsp3) is 0. The van der Waals surface area contributed by atoms with Gasteiger partial charge in [-0.2, -0.15) is 8.42 Å². The van der Waals surface area contributed by atoms with E-state index in [4.69, 9.17) is 23.2 Å². The molecule has 72 valence electrons. The van der Waals surface area contributed by atoms with E-state index in [1.54, 1.807) is 0 Å². The molecule has 0 saturated carbocycles. The second kappa shape index (κ2) is 3.69. The Morgan fingerprint density at radius 3 is 2.46 bits per heavy atom. The Balaban J connectivity index is 3.10. The highest BCUT2D eigenvalue weighted by Gasteiger charge is 2.13. The van der Waals surface area contributed by atoms with E-state index in [0.717, 1.165) is 0 Å². The zero-order valence-corrected chi connectivity index (χ0v) is 8.33. The van der Waals surface area contributed by atoms with Gasteiger partial charge in [-0.05, 0) is 12.1 Å². The number of hydrogen-bond acceptors (Lipinski definition) is 3. The predicted molar refractivity (Wildman–Crippen MR) is 47.1 cm³/mol. The summed E-state index contributed by atoms with van der Waals surface area (Å²) in [7, 11) is -5.06. The van der Waals surface area contributed by atoms with E-state index in [2.05, 4.69) is 4.18 Å². The molecule has 0 unspecified atom stereocenters. The highest BCUT2D eigenvalue weighted by atomic mass is 35.5. The lowest BCUT2D eigenvalue weighted by atomic mass is 10.3. The van der Waals surface area contributed by atoms with Crippen LogP contribution < -0.4 is 4.18 Å². The van der Waals surface area contributed by atoms with Crippen molar-refractivity contribution in [3.05, 3.63) is 28.2 Å². The molecule has 0 amide bonds. The van der Waals surface area contributed by atoms with Gasteiger partial charge in [0.1, 0.15) is 5.02 Å². The minimum absolute atomic E-state index is 0.0859. The summed E-state index contributed by atoms with van der Waals surface area (Å²) in [6.45, 7) is 0. The lowest BCUT2D eigenvalue weighted by Gasteiger charge is -2.02. The first kappa shape index (κ1) is 10.6. The molecule has 7 heteroatoms. The van der Waals surface area contributed by atoms with Crippen LogP contribution >= 0.6 is 23.2 Å². The van der Waals surface area contributed by atoms with Crippen LogP contribution in [0.2, 0.25) is 10.0 Å². The zero-order valence-electron chi connectivity index (χ0n) is 6.00. The molecule has 0 atom stereocenters. The second-order valence-electron chi connectivity index (χ2n) is 2.03. The van der Waals surface area contributed by atoms with Crippen LogP contribution in [0.5, 0.6) is 5.75 Å². The minimum Gasteiger partial charge on any atom is -0.357 e. The quantitative estimate of drug-likeness (QED) is 0.752. The van der Waals surface area contributed by atoms with Crippen molar-refractivity contribution in [2.75, 3.05) is 0 Å². The molecule has 13 heavy (non-hydrogen) atoms. The van der Waals surface area contributed by atoms with Gasteiger partial charge in [0.25, 0.3) is 0 Å². The van der Waals surface area contributed by atoms with Gasteiger partial charge in [-0.1, -0.05) is 33.2 Å². The highest BCUT2D eigenvalue weighted by molar-refractivity contribution is 7.81. The van der Waals surface area contributed by atoms with Crippen LogP contribution in [-0.2, 0) is 10.5 Å². The van der Waals surface area contributed by atoms with Crippen molar-refractivity contribution in [1.82, 2.24) is 0 Å². The average molecular weight is 245 g/mol. The van der Waals surface area contributed by atoms with Gasteiger partial charge in [0, 0.05) is 0 Å². The molecular formula is C6H3Cl2FO3S. The minimum atomic E-state index is -5.06. The van der Waals surface area contributed by atoms with Crippen LogP contribution in [0.25, 0.3) is 0 Å². The van der Waals surface area contributed by atoms with Crippen molar-refractivity contribution in [3.8, 4) is 5.75 Å². The Bertz CT molecular complexity index is 418. The first-order valence-electron chi connectivity index (χ1n) is 2.98. The van der Waals surface area contributed by atoms with Gasteiger partial charge in [0.15, 0.2) is 5.75 Å². The maximum Gasteiger partial charge on any atom is 0.488 e. The summed E-state index contributed by atoms with van der Waals surface area (Å²) in [4.78, 5) is 0. The summed E-state index contributed by atoms with van der Waals surface area (Å²) >= 11 is 11.0. The normalized spacial score (nSPS) is 11.3. The van der Waals surface area contributed by atoms with Crippen molar-refractivity contribution in [2.45, 2.75) is 0 Å². The molecule has 0 saturated heterocycles. The van der Waals surface area contributed by atoms with Gasteiger partial charge in [-0.3, -0.25) is 0 Å². The number of benzene rings is 1. The molecule has 0 aliphatic heterocycles.